The van der Waals surface area contributed by atoms with Gasteiger partial charge in [0.2, 0.25) is 0 Å². The van der Waals surface area contributed by atoms with Gasteiger partial charge in [0.15, 0.2) is 0 Å². The van der Waals surface area contributed by atoms with E-state index in [0.717, 1.165) is 5.69 Å². The van der Waals surface area contributed by atoms with Crippen LogP contribution in [0.3, 0.4) is 0 Å². The van der Waals surface area contributed by atoms with Gasteiger partial charge in [0.1, 0.15) is 6.26 Å². The average Bonchev–Trinajstić information content (AvgIpc) is 1.88. The molecule has 0 spiro atoms. The quantitative estimate of drug-likeness (QED) is 0.655. The van der Waals surface area contributed by atoms with Crippen LogP contribution in [0.1, 0.15) is 0 Å². The van der Waals surface area contributed by atoms with E-state index < -0.39 is 11.4 Å². The van der Waals surface area contributed by atoms with Crippen molar-refractivity contribution < 1.29 is 4.55 Å². The third kappa shape index (κ3) is 2.29. The molecule has 3 heteroatoms. The molecule has 0 aliphatic heterocycles. The minimum Gasteiger partial charge on any atom is -0.593 e. The standard InChI is InChI=1S/C7H9NOS/c1-10(9)8-7-5-3-2-4-6-7/h2-6,8H,1H3. The van der Waals surface area contributed by atoms with Gasteiger partial charge in [-0.05, 0) is 12.1 Å². The topological polar surface area (TPSA) is 35.1 Å². The number of anilines is 1. The molecule has 0 radical (unpaired) electrons. The van der Waals surface area contributed by atoms with Gasteiger partial charge < -0.3 is 4.55 Å². The van der Waals surface area contributed by atoms with Crippen molar-refractivity contribution in [2.75, 3.05) is 11.0 Å². The van der Waals surface area contributed by atoms with Crippen LogP contribution in [0.25, 0.3) is 0 Å². The number of hydrogen-bond donors (Lipinski definition) is 1. The van der Waals surface area contributed by atoms with E-state index in [9.17, 15) is 4.55 Å². The van der Waals surface area contributed by atoms with Gasteiger partial charge in [-0.2, -0.15) is 0 Å². The number of benzene rings is 1. The van der Waals surface area contributed by atoms with Gasteiger partial charge in [-0.15, -0.1) is 0 Å². The summed E-state index contributed by atoms with van der Waals surface area (Å²) in [5, 5.41) is 0. The van der Waals surface area contributed by atoms with Gasteiger partial charge in [0, 0.05) is 0 Å². The summed E-state index contributed by atoms with van der Waals surface area (Å²) in [6, 6.07) is 9.47. The number of hydrogen-bond acceptors (Lipinski definition) is 2. The highest BCUT2D eigenvalue weighted by Crippen LogP contribution is 2.05. The first kappa shape index (κ1) is 7.44. The van der Waals surface area contributed by atoms with Crippen LogP contribution in [0.4, 0.5) is 5.69 Å². The fraction of sp³-hybridized carbons (Fsp3) is 0.143. The molecule has 1 aromatic carbocycles. The number of nitrogens with one attached hydrogen (secondary N) is 1. The maximum Gasteiger partial charge on any atom is 0.121 e. The van der Waals surface area contributed by atoms with Crippen molar-refractivity contribution in [3.05, 3.63) is 30.3 Å². The Hall–Kier alpha value is -0.670. The minimum absolute atomic E-state index is 0.892. The molecule has 0 bridgehead atoms. The molecule has 0 aromatic heterocycles. The second kappa shape index (κ2) is 3.49. The highest BCUT2D eigenvalue weighted by atomic mass is 32.2. The molecule has 1 aromatic rings. The molecule has 54 valence electrons. The van der Waals surface area contributed by atoms with Crippen LogP contribution in [-0.2, 0) is 11.4 Å². The Morgan fingerprint density at radius 3 is 2.40 bits per heavy atom. The summed E-state index contributed by atoms with van der Waals surface area (Å²) < 4.78 is 13.4. The molecule has 0 saturated heterocycles. The lowest BCUT2D eigenvalue weighted by Crippen LogP contribution is -2.08. The Balaban J connectivity index is 2.59. The third-order valence-electron chi connectivity index (χ3n) is 1.04. The Kier molecular flexibility index (Phi) is 2.59. The van der Waals surface area contributed by atoms with Crippen molar-refractivity contribution in [3.8, 4) is 0 Å². The molecule has 0 heterocycles. The zero-order chi connectivity index (χ0) is 7.40. The molecule has 0 aliphatic carbocycles. The van der Waals surface area contributed by atoms with Gasteiger partial charge in [-0.3, -0.25) is 0 Å². The van der Waals surface area contributed by atoms with Crippen LogP contribution in [0.2, 0.25) is 0 Å². The maximum atomic E-state index is 10.6. The highest BCUT2D eigenvalue weighted by Gasteiger charge is 1.94. The zero-order valence-electron chi connectivity index (χ0n) is 5.70. The van der Waals surface area contributed by atoms with Crippen LogP contribution in [0.5, 0.6) is 0 Å². The highest BCUT2D eigenvalue weighted by molar-refractivity contribution is 7.92. The van der Waals surface area contributed by atoms with E-state index in [1.807, 2.05) is 30.3 Å². The fourth-order valence-corrected chi connectivity index (χ4v) is 1.14. The summed E-state index contributed by atoms with van der Waals surface area (Å²) in [6.45, 7) is 0. The summed E-state index contributed by atoms with van der Waals surface area (Å²) in [5.41, 5.74) is 0.892. The molecule has 1 N–H and O–H groups in total. The first-order valence-electron chi connectivity index (χ1n) is 2.94. The summed E-state index contributed by atoms with van der Waals surface area (Å²) in [7, 11) is 0. The van der Waals surface area contributed by atoms with Gasteiger partial charge in [0.25, 0.3) is 0 Å². The van der Waals surface area contributed by atoms with Crippen LogP contribution in [0, 0.1) is 0 Å². The van der Waals surface area contributed by atoms with Crippen molar-refractivity contribution in [3.63, 3.8) is 0 Å². The van der Waals surface area contributed by atoms with E-state index in [1.54, 1.807) is 6.26 Å². The van der Waals surface area contributed by atoms with Gasteiger partial charge >= 0.3 is 0 Å². The van der Waals surface area contributed by atoms with Gasteiger partial charge in [-0.1, -0.05) is 18.2 Å². The SMILES string of the molecule is C[S+]([O-])Nc1ccccc1. The molecule has 1 unspecified atom stereocenters. The van der Waals surface area contributed by atoms with E-state index >= 15 is 0 Å². The first-order valence-corrected chi connectivity index (χ1v) is 4.50. The molecular formula is C7H9NOS. The average molecular weight is 155 g/mol. The molecule has 0 saturated carbocycles. The number of rotatable bonds is 2. The van der Waals surface area contributed by atoms with Crippen molar-refractivity contribution in [1.29, 1.82) is 0 Å². The maximum absolute atomic E-state index is 10.6. The lowest BCUT2D eigenvalue weighted by molar-refractivity contribution is 0.605. The molecule has 2 nitrogen and oxygen atoms in total. The van der Waals surface area contributed by atoms with E-state index in [2.05, 4.69) is 4.72 Å². The molecule has 1 rings (SSSR count). The van der Waals surface area contributed by atoms with Crippen LogP contribution >= 0.6 is 0 Å². The normalized spacial score (nSPS) is 12.6. The molecule has 1 atom stereocenters. The van der Waals surface area contributed by atoms with Crippen LogP contribution in [-0.4, -0.2) is 10.8 Å². The predicted molar refractivity (Wildman–Crippen MR) is 44.1 cm³/mol. The largest absolute Gasteiger partial charge is 0.593 e. The second-order valence-corrected chi connectivity index (χ2v) is 3.03. The first-order chi connectivity index (χ1) is 4.79. The summed E-state index contributed by atoms with van der Waals surface area (Å²) >= 11 is -0.967. The molecule has 0 fully saturated rings. The van der Waals surface area contributed by atoms with E-state index in [-0.39, 0.29) is 0 Å². The summed E-state index contributed by atoms with van der Waals surface area (Å²) in [6.07, 6.45) is 1.60. The van der Waals surface area contributed by atoms with Gasteiger partial charge in [-0.25, -0.2) is 4.72 Å². The predicted octanol–water partition coefficient (Wildman–Crippen LogP) is 1.39. The van der Waals surface area contributed by atoms with E-state index in [1.165, 1.54) is 0 Å². The fourth-order valence-electron chi connectivity index (χ4n) is 0.672. The lowest BCUT2D eigenvalue weighted by atomic mass is 10.3. The molecule has 10 heavy (non-hydrogen) atoms. The van der Waals surface area contributed by atoms with Crippen molar-refractivity contribution in [2.45, 2.75) is 0 Å². The zero-order valence-corrected chi connectivity index (χ0v) is 6.52. The smallest absolute Gasteiger partial charge is 0.121 e. The van der Waals surface area contributed by atoms with Crippen molar-refractivity contribution in [1.82, 2.24) is 0 Å². The monoisotopic (exact) mass is 155 g/mol. The lowest BCUT2D eigenvalue weighted by Gasteiger charge is -2.05. The van der Waals surface area contributed by atoms with Gasteiger partial charge in [0.05, 0.1) is 17.0 Å². The van der Waals surface area contributed by atoms with E-state index in [4.69, 9.17) is 0 Å². The second-order valence-electron chi connectivity index (χ2n) is 1.92. The Morgan fingerprint density at radius 2 is 1.90 bits per heavy atom. The Bertz CT molecular complexity index is 188. The van der Waals surface area contributed by atoms with E-state index in [0.29, 0.717) is 0 Å². The summed E-state index contributed by atoms with van der Waals surface area (Å²) in [4.78, 5) is 0. The summed E-state index contributed by atoms with van der Waals surface area (Å²) in [5.74, 6) is 0. The molecule has 0 amide bonds. The molecular weight excluding hydrogens is 146 g/mol. The van der Waals surface area contributed by atoms with Crippen LogP contribution < -0.4 is 4.72 Å². The Labute approximate surface area is 63.6 Å². The van der Waals surface area contributed by atoms with Crippen molar-refractivity contribution in [2.24, 2.45) is 0 Å². The third-order valence-corrected chi connectivity index (χ3v) is 1.56. The van der Waals surface area contributed by atoms with Crippen LogP contribution in [0.15, 0.2) is 30.3 Å². The minimum atomic E-state index is -0.967. The Morgan fingerprint density at radius 1 is 1.30 bits per heavy atom. The van der Waals surface area contributed by atoms with Crippen molar-refractivity contribution >= 4 is 17.0 Å². The number of para-hydroxylation sites is 1. The molecule has 0 aliphatic rings.